The van der Waals surface area contributed by atoms with Crippen LogP contribution >= 0.6 is 0 Å². The highest BCUT2D eigenvalue weighted by Gasteiger charge is 2.25. The number of aryl methyl sites for hydroxylation is 1. The van der Waals surface area contributed by atoms with E-state index in [4.69, 9.17) is 0 Å². The van der Waals surface area contributed by atoms with E-state index in [1.54, 1.807) is 0 Å². The van der Waals surface area contributed by atoms with Crippen molar-refractivity contribution in [2.24, 2.45) is 0 Å². The van der Waals surface area contributed by atoms with E-state index in [0.29, 0.717) is 18.0 Å². The molecular formula is C19H19N3O. The highest BCUT2D eigenvalue weighted by molar-refractivity contribution is 5.77. The van der Waals surface area contributed by atoms with Crippen molar-refractivity contribution in [1.29, 1.82) is 0 Å². The average molecular weight is 305 g/mol. The van der Waals surface area contributed by atoms with Crippen LogP contribution in [-0.4, -0.2) is 21.9 Å². The number of benzene rings is 2. The smallest absolute Gasteiger partial charge is 0.258 e. The second-order valence-electron chi connectivity index (χ2n) is 6.20. The molecular weight excluding hydrogens is 286 g/mol. The number of aromatic nitrogens is 2. The van der Waals surface area contributed by atoms with Crippen molar-refractivity contribution >= 4 is 10.9 Å². The van der Waals surface area contributed by atoms with Crippen molar-refractivity contribution in [1.82, 2.24) is 14.9 Å². The van der Waals surface area contributed by atoms with Crippen molar-refractivity contribution in [2.45, 2.75) is 25.4 Å². The minimum atomic E-state index is -0.0641. The number of hydrogen-bond acceptors (Lipinski definition) is 3. The summed E-state index contributed by atoms with van der Waals surface area (Å²) in [5, 5.41) is 0.644. The van der Waals surface area contributed by atoms with Gasteiger partial charge >= 0.3 is 0 Å². The summed E-state index contributed by atoms with van der Waals surface area (Å²) in [6.45, 7) is 0.638. The summed E-state index contributed by atoms with van der Waals surface area (Å²) in [5.74, 6) is 0.723. The van der Waals surface area contributed by atoms with E-state index < -0.39 is 0 Å². The Balaban J connectivity index is 1.62. The molecule has 0 spiro atoms. The highest BCUT2D eigenvalue weighted by atomic mass is 16.1. The quantitative estimate of drug-likeness (QED) is 0.809. The molecule has 1 N–H and O–H groups in total. The molecule has 1 aliphatic carbocycles. The molecule has 4 nitrogen and oxygen atoms in total. The summed E-state index contributed by atoms with van der Waals surface area (Å²) in [6.07, 6.45) is 2.24. The summed E-state index contributed by atoms with van der Waals surface area (Å²) >= 11 is 0. The average Bonchev–Trinajstić information content (AvgIpc) is 2.99. The standard InChI is InChI=1S/C19H19N3O/c1-22(17-11-10-13-6-2-3-7-14(13)17)12-18-20-16-9-5-4-8-15(16)19(23)21-18/h2-9,17H,10-12H2,1H3,(H,20,21,23). The van der Waals surface area contributed by atoms with Crippen LogP contribution in [0.2, 0.25) is 0 Å². The Labute approximate surface area is 134 Å². The van der Waals surface area contributed by atoms with E-state index in [1.807, 2.05) is 24.3 Å². The molecule has 23 heavy (non-hydrogen) atoms. The molecule has 4 heteroatoms. The Bertz CT molecular complexity index is 916. The second-order valence-corrected chi connectivity index (χ2v) is 6.20. The van der Waals surface area contributed by atoms with Gasteiger partial charge in [0.2, 0.25) is 0 Å². The van der Waals surface area contributed by atoms with Gasteiger partial charge < -0.3 is 4.98 Å². The van der Waals surface area contributed by atoms with E-state index >= 15 is 0 Å². The van der Waals surface area contributed by atoms with Gasteiger partial charge in [-0.25, -0.2) is 4.98 Å². The summed E-state index contributed by atoms with van der Waals surface area (Å²) < 4.78 is 0. The van der Waals surface area contributed by atoms with Crippen LogP contribution in [0.5, 0.6) is 0 Å². The van der Waals surface area contributed by atoms with Crippen LogP contribution in [-0.2, 0) is 13.0 Å². The molecule has 0 saturated heterocycles. The molecule has 1 aliphatic rings. The Kier molecular flexibility index (Phi) is 3.46. The maximum absolute atomic E-state index is 12.2. The van der Waals surface area contributed by atoms with Gasteiger partial charge in [0, 0.05) is 6.04 Å². The largest absolute Gasteiger partial charge is 0.309 e. The summed E-state index contributed by atoms with van der Waals surface area (Å²) in [6, 6.07) is 16.5. The molecule has 1 atom stereocenters. The predicted molar refractivity (Wildman–Crippen MR) is 91.3 cm³/mol. The lowest BCUT2D eigenvalue weighted by atomic mass is 10.1. The molecule has 2 aromatic carbocycles. The van der Waals surface area contributed by atoms with E-state index in [9.17, 15) is 4.79 Å². The van der Waals surface area contributed by atoms with Gasteiger partial charge in [0.1, 0.15) is 5.82 Å². The van der Waals surface area contributed by atoms with Crippen LogP contribution in [0.25, 0.3) is 10.9 Å². The third kappa shape index (κ3) is 2.55. The van der Waals surface area contributed by atoms with Gasteiger partial charge in [0.15, 0.2) is 0 Å². The van der Waals surface area contributed by atoms with Crippen molar-refractivity contribution in [3.05, 3.63) is 75.8 Å². The molecule has 0 radical (unpaired) electrons. The Morgan fingerprint density at radius 3 is 2.87 bits per heavy atom. The third-order valence-electron chi connectivity index (χ3n) is 4.69. The fourth-order valence-corrected chi connectivity index (χ4v) is 3.55. The zero-order chi connectivity index (χ0) is 15.8. The van der Waals surface area contributed by atoms with Gasteiger partial charge in [-0.3, -0.25) is 9.69 Å². The molecule has 0 saturated carbocycles. The van der Waals surface area contributed by atoms with Crippen molar-refractivity contribution < 1.29 is 0 Å². The lowest BCUT2D eigenvalue weighted by Gasteiger charge is -2.24. The molecule has 4 rings (SSSR count). The molecule has 0 aliphatic heterocycles. The number of rotatable bonds is 3. The van der Waals surface area contributed by atoms with Crippen LogP contribution in [0.1, 0.15) is 29.4 Å². The summed E-state index contributed by atoms with van der Waals surface area (Å²) in [4.78, 5) is 22.0. The molecule has 1 heterocycles. The number of nitrogens with one attached hydrogen (secondary N) is 1. The Hall–Kier alpha value is -2.46. The monoisotopic (exact) mass is 305 g/mol. The number of nitrogens with zero attached hydrogens (tertiary/aromatic N) is 2. The maximum Gasteiger partial charge on any atom is 0.258 e. The number of para-hydroxylation sites is 1. The number of aromatic amines is 1. The summed E-state index contributed by atoms with van der Waals surface area (Å²) in [7, 11) is 2.10. The lowest BCUT2D eigenvalue weighted by Crippen LogP contribution is -2.25. The molecule has 0 fully saturated rings. The first-order valence-electron chi connectivity index (χ1n) is 7.98. The van der Waals surface area contributed by atoms with Crippen LogP contribution in [0.15, 0.2) is 53.3 Å². The topological polar surface area (TPSA) is 49.0 Å². The van der Waals surface area contributed by atoms with Crippen molar-refractivity contribution in [3.63, 3.8) is 0 Å². The Morgan fingerprint density at radius 2 is 1.96 bits per heavy atom. The highest BCUT2D eigenvalue weighted by Crippen LogP contribution is 2.35. The molecule has 1 aromatic heterocycles. The van der Waals surface area contributed by atoms with E-state index in [2.05, 4.69) is 46.2 Å². The third-order valence-corrected chi connectivity index (χ3v) is 4.69. The molecule has 0 amide bonds. The predicted octanol–water partition coefficient (Wildman–Crippen LogP) is 3.04. The van der Waals surface area contributed by atoms with E-state index in [0.717, 1.165) is 24.2 Å². The number of hydrogen-bond donors (Lipinski definition) is 1. The lowest BCUT2D eigenvalue weighted by molar-refractivity contribution is 0.230. The first kappa shape index (κ1) is 14.2. The molecule has 1 unspecified atom stereocenters. The van der Waals surface area contributed by atoms with Gasteiger partial charge in [0.25, 0.3) is 5.56 Å². The zero-order valence-corrected chi connectivity index (χ0v) is 13.1. The normalized spacial score (nSPS) is 16.9. The number of H-pyrrole nitrogens is 1. The van der Waals surface area contributed by atoms with Gasteiger partial charge in [-0.2, -0.15) is 0 Å². The van der Waals surface area contributed by atoms with Gasteiger partial charge in [0.05, 0.1) is 17.4 Å². The van der Waals surface area contributed by atoms with Crippen LogP contribution in [0.3, 0.4) is 0 Å². The Morgan fingerprint density at radius 1 is 1.17 bits per heavy atom. The van der Waals surface area contributed by atoms with Gasteiger partial charge in [-0.05, 0) is 43.1 Å². The number of fused-ring (bicyclic) bond motifs is 2. The van der Waals surface area contributed by atoms with E-state index in [1.165, 1.54) is 11.1 Å². The molecule has 0 bridgehead atoms. The minimum absolute atomic E-state index is 0.0641. The van der Waals surface area contributed by atoms with Crippen molar-refractivity contribution in [2.75, 3.05) is 7.05 Å². The molecule has 116 valence electrons. The fourth-order valence-electron chi connectivity index (χ4n) is 3.55. The summed E-state index contributed by atoms with van der Waals surface area (Å²) in [5.41, 5.74) is 3.53. The molecule has 3 aromatic rings. The van der Waals surface area contributed by atoms with Crippen molar-refractivity contribution in [3.8, 4) is 0 Å². The van der Waals surface area contributed by atoms with Crippen LogP contribution in [0, 0.1) is 0 Å². The zero-order valence-electron chi connectivity index (χ0n) is 13.1. The fraction of sp³-hybridized carbons (Fsp3) is 0.263. The minimum Gasteiger partial charge on any atom is -0.309 e. The van der Waals surface area contributed by atoms with E-state index in [-0.39, 0.29) is 5.56 Å². The van der Waals surface area contributed by atoms with Gasteiger partial charge in [-0.1, -0.05) is 36.4 Å². The maximum atomic E-state index is 12.2. The second kappa shape index (κ2) is 5.63. The van der Waals surface area contributed by atoms with Crippen LogP contribution in [0.4, 0.5) is 0 Å². The first-order chi connectivity index (χ1) is 11.2. The van der Waals surface area contributed by atoms with Gasteiger partial charge in [-0.15, -0.1) is 0 Å². The van der Waals surface area contributed by atoms with Crippen LogP contribution < -0.4 is 5.56 Å². The SMILES string of the molecule is CN(Cc1nc2ccccc2c(=O)[nH]1)C1CCc2ccccc21. The first-order valence-corrected chi connectivity index (χ1v) is 7.98.